The molecule has 0 unspecified atom stereocenters. The zero-order valence-corrected chi connectivity index (χ0v) is 16.5. The SMILES string of the molecule is CS(=O)(=O)CCSc1ncccc1C(=O)Sc1ccc(Cl)cc1Cl. The Morgan fingerprint density at radius 2 is 2.00 bits per heavy atom. The van der Waals surface area contributed by atoms with Gasteiger partial charge in [-0.3, -0.25) is 4.79 Å². The molecule has 24 heavy (non-hydrogen) atoms. The van der Waals surface area contributed by atoms with Crippen LogP contribution in [0.3, 0.4) is 0 Å². The van der Waals surface area contributed by atoms with Gasteiger partial charge in [-0.15, -0.1) is 11.8 Å². The maximum Gasteiger partial charge on any atom is 0.226 e. The molecule has 0 saturated carbocycles. The second-order valence-corrected chi connectivity index (χ2v) is 10.0. The third kappa shape index (κ3) is 5.97. The Balaban J connectivity index is 2.14. The molecule has 128 valence electrons. The topological polar surface area (TPSA) is 64.1 Å². The van der Waals surface area contributed by atoms with E-state index in [1.807, 2.05) is 0 Å². The summed E-state index contributed by atoms with van der Waals surface area (Å²) in [5, 5.41) is 1.18. The monoisotopic (exact) mass is 421 g/mol. The normalized spacial score (nSPS) is 11.5. The number of halogens is 2. The number of thioether (sulfide) groups is 2. The Kier molecular flexibility index (Phi) is 7.00. The van der Waals surface area contributed by atoms with Gasteiger partial charge in [0.25, 0.3) is 0 Å². The van der Waals surface area contributed by atoms with Gasteiger partial charge in [-0.1, -0.05) is 23.2 Å². The molecule has 0 radical (unpaired) electrons. The molecule has 2 rings (SSSR count). The third-order valence-corrected chi connectivity index (χ3v) is 6.63. The van der Waals surface area contributed by atoms with Gasteiger partial charge >= 0.3 is 0 Å². The average Bonchev–Trinajstić information content (AvgIpc) is 2.49. The maximum absolute atomic E-state index is 12.5. The molecule has 0 aliphatic rings. The van der Waals surface area contributed by atoms with Crippen LogP contribution < -0.4 is 0 Å². The zero-order chi connectivity index (χ0) is 17.7. The van der Waals surface area contributed by atoms with Gasteiger partial charge in [0.2, 0.25) is 5.12 Å². The molecule has 0 atom stereocenters. The molecule has 0 saturated heterocycles. The lowest BCUT2D eigenvalue weighted by atomic mass is 10.3. The predicted molar refractivity (Wildman–Crippen MR) is 101 cm³/mol. The van der Waals surface area contributed by atoms with E-state index in [1.54, 1.807) is 36.5 Å². The van der Waals surface area contributed by atoms with Crippen LogP contribution in [-0.2, 0) is 9.84 Å². The van der Waals surface area contributed by atoms with Crippen molar-refractivity contribution in [2.24, 2.45) is 0 Å². The molecule has 1 aromatic carbocycles. The summed E-state index contributed by atoms with van der Waals surface area (Å²) in [6, 6.07) is 8.24. The molecule has 0 bridgehead atoms. The maximum atomic E-state index is 12.5. The van der Waals surface area contributed by atoms with E-state index in [9.17, 15) is 13.2 Å². The highest BCUT2D eigenvalue weighted by Gasteiger charge is 2.16. The number of sulfone groups is 1. The van der Waals surface area contributed by atoms with E-state index in [2.05, 4.69) is 4.98 Å². The van der Waals surface area contributed by atoms with Crippen LogP contribution >= 0.6 is 46.7 Å². The second-order valence-electron chi connectivity index (χ2n) is 4.80. The summed E-state index contributed by atoms with van der Waals surface area (Å²) in [5.41, 5.74) is 0.423. The van der Waals surface area contributed by atoms with Crippen LogP contribution in [0.1, 0.15) is 10.4 Å². The molecular formula is C15H13Cl2NO3S3. The standard InChI is InChI=1S/C15H13Cl2NO3S3/c1-24(20,21)8-7-22-14-11(3-2-6-18-14)15(19)23-13-5-4-10(16)9-12(13)17/h2-6,9H,7-8H2,1H3. The molecule has 9 heteroatoms. The first-order chi connectivity index (χ1) is 11.3. The fraction of sp³-hybridized carbons (Fsp3) is 0.200. The summed E-state index contributed by atoms with van der Waals surface area (Å²) in [7, 11) is -3.05. The number of rotatable bonds is 6. The summed E-state index contributed by atoms with van der Waals surface area (Å²) >= 11 is 14.2. The molecule has 0 fully saturated rings. The molecular weight excluding hydrogens is 409 g/mol. The number of carbonyl (C=O) groups is 1. The number of aromatic nitrogens is 1. The van der Waals surface area contributed by atoms with Crippen molar-refractivity contribution in [2.75, 3.05) is 17.8 Å². The van der Waals surface area contributed by atoms with E-state index >= 15 is 0 Å². The first-order valence-electron chi connectivity index (χ1n) is 6.69. The molecule has 0 N–H and O–H groups in total. The first-order valence-corrected chi connectivity index (χ1v) is 11.3. The van der Waals surface area contributed by atoms with Crippen LogP contribution in [0, 0.1) is 0 Å². The van der Waals surface area contributed by atoms with Gasteiger partial charge in [0.15, 0.2) is 0 Å². The minimum atomic E-state index is -3.05. The predicted octanol–water partition coefficient (Wildman–Crippen LogP) is 4.46. The van der Waals surface area contributed by atoms with Crippen LogP contribution in [0.2, 0.25) is 10.0 Å². The summed E-state index contributed by atoms with van der Waals surface area (Å²) in [4.78, 5) is 17.3. The molecule has 0 aliphatic heterocycles. The summed E-state index contributed by atoms with van der Waals surface area (Å²) in [6.07, 6.45) is 2.75. The van der Waals surface area contributed by atoms with E-state index in [0.29, 0.717) is 31.3 Å². The van der Waals surface area contributed by atoms with Gasteiger partial charge in [-0.25, -0.2) is 13.4 Å². The highest BCUT2D eigenvalue weighted by atomic mass is 35.5. The zero-order valence-electron chi connectivity index (χ0n) is 12.5. The first kappa shape index (κ1) is 19.6. The molecule has 4 nitrogen and oxygen atoms in total. The number of nitrogens with zero attached hydrogens (tertiary/aromatic N) is 1. The molecule has 0 aliphatic carbocycles. The van der Waals surface area contributed by atoms with E-state index in [1.165, 1.54) is 18.0 Å². The number of pyridine rings is 1. The van der Waals surface area contributed by atoms with Crippen LogP contribution in [-0.4, -0.2) is 36.3 Å². The lowest BCUT2D eigenvalue weighted by Gasteiger charge is -2.08. The fourth-order valence-electron chi connectivity index (χ4n) is 1.66. The lowest BCUT2D eigenvalue weighted by molar-refractivity contribution is 0.108. The third-order valence-electron chi connectivity index (χ3n) is 2.78. The van der Waals surface area contributed by atoms with Crippen molar-refractivity contribution in [2.45, 2.75) is 9.92 Å². The number of carbonyl (C=O) groups excluding carboxylic acids is 1. The van der Waals surface area contributed by atoms with E-state index < -0.39 is 9.84 Å². The van der Waals surface area contributed by atoms with Crippen molar-refractivity contribution >= 4 is 61.7 Å². The Morgan fingerprint density at radius 3 is 2.67 bits per heavy atom. The number of hydrogen-bond donors (Lipinski definition) is 0. The van der Waals surface area contributed by atoms with Crippen molar-refractivity contribution < 1.29 is 13.2 Å². The van der Waals surface area contributed by atoms with Crippen molar-refractivity contribution in [1.82, 2.24) is 4.98 Å². The van der Waals surface area contributed by atoms with Crippen LogP contribution in [0.5, 0.6) is 0 Å². The second kappa shape index (κ2) is 8.58. The summed E-state index contributed by atoms with van der Waals surface area (Å²) in [6.45, 7) is 0. The van der Waals surface area contributed by atoms with Gasteiger partial charge < -0.3 is 0 Å². The smallest absolute Gasteiger partial charge is 0.226 e. The van der Waals surface area contributed by atoms with Crippen LogP contribution in [0.25, 0.3) is 0 Å². The van der Waals surface area contributed by atoms with Gasteiger partial charge in [-0.05, 0) is 42.1 Å². The van der Waals surface area contributed by atoms with Gasteiger partial charge in [0.1, 0.15) is 14.9 Å². The highest BCUT2D eigenvalue weighted by molar-refractivity contribution is 8.14. The fourth-order valence-corrected chi connectivity index (χ4v) is 5.21. The Bertz CT molecular complexity index is 857. The molecule has 1 aromatic heterocycles. The van der Waals surface area contributed by atoms with Crippen molar-refractivity contribution in [1.29, 1.82) is 0 Å². The van der Waals surface area contributed by atoms with E-state index in [-0.39, 0.29) is 10.9 Å². The highest BCUT2D eigenvalue weighted by Crippen LogP contribution is 2.33. The van der Waals surface area contributed by atoms with Crippen molar-refractivity contribution in [3.63, 3.8) is 0 Å². The minimum absolute atomic E-state index is 0.0258. The number of hydrogen-bond acceptors (Lipinski definition) is 6. The molecule has 0 spiro atoms. The molecule has 0 amide bonds. The van der Waals surface area contributed by atoms with E-state index in [0.717, 1.165) is 11.8 Å². The number of benzene rings is 1. The van der Waals surface area contributed by atoms with Crippen LogP contribution in [0.4, 0.5) is 0 Å². The van der Waals surface area contributed by atoms with Gasteiger partial charge in [-0.2, -0.15) is 0 Å². The largest absolute Gasteiger partial charge is 0.281 e. The van der Waals surface area contributed by atoms with Crippen LogP contribution in [0.15, 0.2) is 46.5 Å². The Morgan fingerprint density at radius 1 is 1.25 bits per heavy atom. The van der Waals surface area contributed by atoms with Gasteiger partial charge in [0, 0.05) is 28.1 Å². The van der Waals surface area contributed by atoms with Gasteiger partial charge in [0.05, 0.1) is 16.3 Å². The Hall–Kier alpha value is -0.730. The van der Waals surface area contributed by atoms with E-state index in [4.69, 9.17) is 23.2 Å². The summed E-state index contributed by atoms with van der Waals surface area (Å²) < 4.78 is 22.4. The van der Waals surface area contributed by atoms with Crippen molar-refractivity contribution in [3.8, 4) is 0 Å². The average molecular weight is 422 g/mol. The van der Waals surface area contributed by atoms with Crippen molar-refractivity contribution in [3.05, 3.63) is 52.1 Å². The Labute approximate surface area is 159 Å². The summed E-state index contributed by atoms with van der Waals surface area (Å²) in [5.74, 6) is 0.362. The molecule has 2 aromatic rings. The minimum Gasteiger partial charge on any atom is -0.281 e. The quantitative estimate of drug-likeness (QED) is 0.641. The molecule has 1 heterocycles. The lowest BCUT2D eigenvalue weighted by Crippen LogP contribution is -2.06.